The Kier molecular flexibility index (Phi) is 6.88. The Morgan fingerprint density at radius 1 is 0.579 bits per heavy atom. The van der Waals surface area contributed by atoms with Crippen molar-refractivity contribution in [1.82, 2.24) is 4.48 Å². The molecule has 0 atom stereocenters. The summed E-state index contributed by atoms with van der Waals surface area (Å²) in [6.07, 6.45) is 0. The van der Waals surface area contributed by atoms with Crippen LogP contribution in [-0.2, 0) is 10.8 Å². The van der Waals surface area contributed by atoms with Crippen LogP contribution in [0, 0.1) is 6.92 Å². The van der Waals surface area contributed by atoms with Gasteiger partial charge in [-0.3, -0.25) is 0 Å². The molecule has 12 rings (SSSR count). The first-order valence-corrected chi connectivity index (χ1v) is 21.8. The Balaban J connectivity index is 1.22. The Labute approximate surface area is 344 Å². The number of nitrogens with zero attached hydrogens (tertiary/aromatic N) is 2. The van der Waals surface area contributed by atoms with Gasteiger partial charge in [-0.2, -0.15) is 0 Å². The lowest BCUT2D eigenvalue weighted by molar-refractivity contribution is 0.590. The molecule has 3 aliphatic heterocycles. The standard InChI is InChI=1S/C52H41BN2S2/c1-30-25-37-33-18-14-19-35-47-34-17-10-11-20-38(34)52(5,6)50(47)55(49(33)35)53-39-28-45-46(57-44-22-13-12-21-43(44)56-45)29-41(39)54(42(26-30)48(37)53)40-24-23-32(51(2,3)4)27-36(40)31-15-8-7-9-16-31/h7-29H,1-6H3. The highest BCUT2D eigenvalue weighted by atomic mass is 32.2. The third-order valence-corrected chi connectivity index (χ3v) is 15.5. The number of rotatable bonds is 2. The normalized spacial score (nSPS) is 15.1. The average molecular weight is 769 g/mol. The second-order valence-corrected chi connectivity index (χ2v) is 20.0. The first kappa shape index (κ1) is 33.8. The van der Waals surface area contributed by atoms with Crippen LogP contribution in [0.25, 0.3) is 44.3 Å². The van der Waals surface area contributed by atoms with Crippen LogP contribution >= 0.6 is 23.5 Å². The molecule has 8 aromatic rings. The molecule has 0 saturated carbocycles. The second-order valence-electron chi connectivity index (χ2n) is 17.8. The molecule has 274 valence electrons. The summed E-state index contributed by atoms with van der Waals surface area (Å²) in [7, 11) is 0. The lowest BCUT2D eigenvalue weighted by Crippen LogP contribution is -2.58. The summed E-state index contributed by atoms with van der Waals surface area (Å²) in [5.74, 6) is 0. The summed E-state index contributed by atoms with van der Waals surface area (Å²) >= 11 is 3.83. The van der Waals surface area contributed by atoms with E-state index in [-0.39, 0.29) is 17.7 Å². The molecule has 4 aliphatic rings. The van der Waals surface area contributed by atoms with Crippen molar-refractivity contribution in [2.24, 2.45) is 0 Å². The zero-order valence-corrected chi connectivity index (χ0v) is 34.7. The molecule has 4 heterocycles. The summed E-state index contributed by atoms with van der Waals surface area (Å²) in [4.78, 5) is 7.94. The van der Waals surface area contributed by atoms with Gasteiger partial charge in [0.25, 0.3) is 0 Å². The molecule has 7 aromatic carbocycles. The number of hydrogen-bond donors (Lipinski definition) is 0. The SMILES string of the molecule is Cc1cc2c3c(c1)N(c1ccc(C(C)(C)C)cc1-c1ccccc1)c1cc4c(cc1B3n1c3c(c5cccc-2c51)-c1ccccc1C3(C)C)Sc1ccccc1S4. The number of fused-ring (bicyclic) bond motifs is 11. The molecular weight excluding hydrogens is 728 g/mol. The lowest BCUT2D eigenvalue weighted by atomic mass is 9.44. The molecule has 2 nitrogen and oxygen atoms in total. The lowest BCUT2D eigenvalue weighted by Gasteiger charge is -2.43. The van der Waals surface area contributed by atoms with Gasteiger partial charge in [0, 0.05) is 69.7 Å². The third kappa shape index (κ3) is 4.59. The van der Waals surface area contributed by atoms with E-state index in [1.165, 1.54) is 114 Å². The number of aromatic nitrogens is 1. The van der Waals surface area contributed by atoms with Gasteiger partial charge in [0.05, 0.1) is 5.69 Å². The number of hydrogen-bond acceptors (Lipinski definition) is 3. The molecule has 0 amide bonds. The molecule has 0 spiro atoms. The van der Waals surface area contributed by atoms with Gasteiger partial charge in [0.2, 0.25) is 0 Å². The van der Waals surface area contributed by atoms with Crippen molar-refractivity contribution in [2.45, 2.75) is 72.0 Å². The van der Waals surface area contributed by atoms with Crippen molar-refractivity contribution in [1.29, 1.82) is 0 Å². The van der Waals surface area contributed by atoms with Gasteiger partial charge >= 0.3 is 6.85 Å². The van der Waals surface area contributed by atoms with Gasteiger partial charge in [0.15, 0.2) is 0 Å². The van der Waals surface area contributed by atoms with E-state index in [1.807, 2.05) is 23.5 Å². The van der Waals surface area contributed by atoms with Gasteiger partial charge < -0.3 is 9.38 Å². The second kappa shape index (κ2) is 11.6. The molecule has 57 heavy (non-hydrogen) atoms. The van der Waals surface area contributed by atoms with Crippen LogP contribution in [0.1, 0.15) is 57.0 Å². The molecule has 0 saturated heterocycles. The predicted octanol–water partition coefficient (Wildman–Crippen LogP) is 13.3. The number of anilines is 3. The van der Waals surface area contributed by atoms with Crippen LogP contribution < -0.4 is 15.8 Å². The fourth-order valence-corrected chi connectivity index (χ4v) is 12.7. The summed E-state index contributed by atoms with van der Waals surface area (Å²) in [5, 5.41) is 1.36. The van der Waals surface area contributed by atoms with E-state index in [1.54, 1.807) is 0 Å². The smallest absolute Gasteiger partial charge is 0.332 e. The summed E-state index contributed by atoms with van der Waals surface area (Å²) in [5.41, 5.74) is 21.1. The van der Waals surface area contributed by atoms with Crippen LogP contribution in [0.5, 0.6) is 0 Å². The Morgan fingerprint density at radius 2 is 1.28 bits per heavy atom. The highest BCUT2D eigenvalue weighted by molar-refractivity contribution is 8.05. The van der Waals surface area contributed by atoms with Crippen LogP contribution in [0.15, 0.2) is 159 Å². The van der Waals surface area contributed by atoms with E-state index in [0.717, 1.165) is 0 Å². The van der Waals surface area contributed by atoms with Crippen molar-refractivity contribution in [3.05, 3.63) is 162 Å². The maximum atomic E-state index is 2.79. The monoisotopic (exact) mass is 768 g/mol. The summed E-state index contributed by atoms with van der Waals surface area (Å²) in [6.45, 7) is 14.1. The summed E-state index contributed by atoms with van der Waals surface area (Å²) in [6, 6.07) is 53.3. The van der Waals surface area contributed by atoms with Crippen LogP contribution in [-0.4, -0.2) is 11.3 Å². The Hall–Kier alpha value is -5.36. The molecule has 1 aliphatic carbocycles. The van der Waals surface area contributed by atoms with E-state index in [4.69, 9.17) is 0 Å². The van der Waals surface area contributed by atoms with Gasteiger partial charge in [-0.1, -0.05) is 155 Å². The van der Waals surface area contributed by atoms with E-state index < -0.39 is 0 Å². The fourth-order valence-electron chi connectivity index (χ4n) is 10.4. The minimum Gasteiger partial charge on any atom is -0.378 e. The highest BCUT2D eigenvalue weighted by Crippen LogP contribution is 2.57. The van der Waals surface area contributed by atoms with Crippen molar-refractivity contribution in [2.75, 3.05) is 4.90 Å². The zero-order valence-electron chi connectivity index (χ0n) is 33.1. The molecule has 0 fully saturated rings. The molecule has 5 heteroatoms. The van der Waals surface area contributed by atoms with Crippen molar-refractivity contribution >= 4 is 69.3 Å². The average Bonchev–Trinajstić information content (AvgIpc) is 3.68. The molecule has 0 bridgehead atoms. The fraction of sp³-hybridized carbons (Fsp3) is 0.154. The molecule has 0 radical (unpaired) electrons. The molecule has 0 unspecified atom stereocenters. The van der Waals surface area contributed by atoms with Crippen molar-refractivity contribution < 1.29 is 0 Å². The first-order chi connectivity index (χ1) is 27.6. The van der Waals surface area contributed by atoms with Crippen molar-refractivity contribution in [3.63, 3.8) is 0 Å². The zero-order chi connectivity index (χ0) is 38.5. The topological polar surface area (TPSA) is 8.17 Å². The highest BCUT2D eigenvalue weighted by Gasteiger charge is 2.49. The molecular formula is C52H41BN2S2. The minimum absolute atomic E-state index is 0.00122. The predicted molar refractivity (Wildman–Crippen MR) is 244 cm³/mol. The first-order valence-electron chi connectivity index (χ1n) is 20.1. The largest absolute Gasteiger partial charge is 0.378 e. The van der Waals surface area contributed by atoms with E-state index >= 15 is 0 Å². The van der Waals surface area contributed by atoms with Gasteiger partial charge in [-0.25, -0.2) is 0 Å². The number of aryl methyl sites for hydroxylation is 1. The molecule has 1 aromatic heterocycles. The Bertz CT molecular complexity index is 3060. The van der Waals surface area contributed by atoms with Gasteiger partial charge in [0.1, 0.15) is 0 Å². The quantitative estimate of drug-likeness (QED) is 0.162. The maximum Gasteiger partial charge on any atom is 0.332 e. The third-order valence-electron chi connectivity index (χ3n) is 13.0. The van der Waals surface area contributed by atoms with Crippen LogP contribution in [0.4, 0.5) is 17.1 Å². The number of para-hydroxylation sites is 1. The van der Waals surface area contributed by atoms with Crippen molar-refractivity contribution in [3.8, 4) is 33.4 Å². The van der Waals surface area contributed by atoms with Gasteiger partial charge in [-0.15, -0.1) is 0 Å². The van der Waals surface area contributed by atoms with Crippen LogP contribution in [0.2, 0.25) is 0 Å². The minimum atomic E-state index is -0.178. The van der Waals surface area contributed by atoms with E-state index in [0.29, 0.717) is 0 Å². The number of benzene rings is 7. The van der Waals surface area contributed by atoms with Crippen LogP contribution in [0.3, 0.4) is 0 Å². The van der Waals surface area contributed by atoms with E-state index in [2.05, 4.69) is 190 Å². The van der Waals surface area contributed by atoms with E-state index in [9.17, 15) is 0 Å². The Morgan fingerprint density at radius 3 is 2.05 bits per heavy atom. The summed E-state index contributed by atoms with van der Waals surface area (Å²) < 4.78 is 2.79. The van der Waals surface area contributed by atoms with Gasteiger partial charge in [-0.05, 0) is 99.1 Å². The maximum absolute atomic E-state index is 2.79. The molecule has 0 N–H and O–H groups in total.